The molecule has 110 valence electrons. The number of benzene rings is 1. The van der Waals surface area contributed by atoms with E-state index in [-0.39, 0.29) is 11.9 Å². The molecule has 0 aliphatic carbocycles. The first-order valence-electron chi connectivity index (χ1n) is 6.60. The van der Waals surface area contributed by atoms with Crippen LogP contribution in [0.3, 0.4) is 0 Å². The highest BCUT2D eigenvalue weighted by Crippen LogP contribution is 2.13. The Morgan fingerprint density at radius 1 is 1.29 bits per heavy atom. The van der Waals surface area contributed by atoms with Gasteiger partial charge in [0.05, 0.1) is 23.4 Å². The molecule has 0 fully saturated rings. The third kappa shape index (κ3) is 3.47. The molecule has 0 spiro atoms. The first-order valence-corrected chi connectivity index (χ1v) is 6.60. The summed E-state index contributed by atoms with van der Waals surface area (Å²) in [5.41, 5.74) is 2.24. The fourth-order valence-electron chi connectivity index (χ4n) is 1.93. The molecule has 6 nitrogen and oxygen atoms in total. The van der Waals surface area contributed by atoms with E-state index >= 15 is 0 Å². The molecule has 0 aliphatic rings. The van der Waals surface area contributed by atoms with Crippen molar-refractivity contribution in [2.45, 2.75) is 13.8 Å². The molecule has 0 unspecified atom stereocenters. The van der Waals surface area contributed by atoms with E-state index in [2.05, 4.69) is 10.4 Å². The van der Waals surface area contributed by atoms with Gasteiger partial charge < -0.3 is 10.1 Å². The molecule has 0 radical (unpaired) electrons. The van der Waals surface area contributed by atoms with Crippen molar-refractivity contribution >= 4 is 17.6 Å². The SMILES string of the molecule is CCOC(=O)c1ccc(NC(=O)c2cn(C)nc2C)cc1. The van der Waals surface area contributed by atoms with E-state index in [0.717, 1.165) is 0 Å². The van der Waals surface area contributed by atoms with Gasteiger partial charge in [0, 0.05) is 18.9 Å². The monoisotopic (exact) mass is 287 g/mol. The van der Waals surface area contributed by atoms with E-state index in [1.54, 1.807) is 56.0 Å². The lowest BCUT2D eigenvalue weighted by Crippen LogP contribution is -2.12. The Morgan fingerprint density at radius 3 is 2.48 bits per heavy atom. The van der Waals surface area contributed by atoms with Crippen molar-refractivity contribution in [3.05, 3.63) is 47.3 Å². The molecular formula is C15H17N3O3. The van der Waals surface area contributed by atoms with Crippen LogP contribution in [-0.4, -0.2) is 28.3 Å². The molecule has 1 N–H and O–H groups in total. The third-order valence-electron chi connectivity index (χ3n) is 2.91. The summed E-state index contributed by atoms with van der Waals surface area (Å²) in [6.45, 7) is 3.86. The Balaban J connectivity index is 2.08. The van der Waals surface area contributed by atoms with E-state index in [1.165, 1.54) is 0 Å². The number of hydrogen-bond donors (Lipinski definition) is 1. The number of aromatic nitrogens is 2. The summed E-state index contributed by atoms with van der Waals surface area (Å²) < 4.78 is 6.49. The summed E-state index contributed by atoms with van der Waals surface area (Å²) in [6.07, 6.45) is 1.66. The van der Waals surface area contributed by atoms with Gasteiger partial charge >= 0.3 is 5.97 Å². The molecule has 21 heavy (non-hydrogen) atoms. The first-order chi connectivity index (χ1) is 10.0. The molecule has 0 saturated heterocycles. The first kappa shape index (κ1) is 14.8. The highest BCUT2D eigenvalue weighted by atomic mass is 16.5. The lowest BCUT2D eigenvalue weighted by Gasteiger charge is -2.06. The van der Waals surface area contributed by atoms with Crippen LogP contribution in [0.5, 0.6) is 0 Å². The van der Waals surface area contributed by atoms with Crippen LogP contribution in [0.15, 0.2) is 30.5 Å². The topological polar surface area (TPSA) is 73.2 Å². The highest BCUT2D eigenvalue weighted by Gasteiger charge is 2.13. The zero-order valence-corrected chi connectivity index (χ0v) is 12.2. The molecule has 1 aromatic carbocycles. The number of esters is 1. The zero-order valence-electron chi connectivity index (χ0n) is 12.2. The van der Waals surface area contributed by atoms with Crippen LogP contribution < -0.4 is 5.32 Å². The average Bonchev–Trinajstić information content (AvgIpc) is 2.79. The van der Waals surface area contributed by atoms with Crippen molar-refractivity contribution in [1.82, 2.24) is 9.78 Å². The lowest BCUT2D eigenvalue weighted by molar-refractivity contribution is 0.0526. The minimum absolute atomic E-state index is 0.232. The van der Waals surface area contributed by atoms with Crippen molar-refractivity contribution in [3.8, 4) is 0 Å². The van der Waals surface area contributed by atoms with Crippen LogP contribution in [0.4, 0.5) is 5.69 Å². The minimum Gasteiger partial charge on any atom is -0.462 e. The molecule has 1 heterocycles. The van der Waals surface area contributed by atoms with Gasteiger partial charge in [0.2, 0.25) is 0 Å². The summed E-state index contributed by atoms with van der Waals surface area (Å²) in [5, 5.41) is 6.89. The molecular weight excluding hydrogens is 270 g/mol. The molecule has 0 bridgehead atoms. The van der Waals surface area contributed by atoms with Gasteiger partial charge in [-0.2, -0.15) is 5.10 Å². The van der Waals surface area contributed by atoms with Gasteiger partial charge in [-0.05, 0) is 38.1 Å². The molecule has 0 saturated carbocycles. The van der Waals surface area contributed by atoms with Gasteiger partial charge in [0.25, 0.3) is 5.91 Å². The van der Waals surface area contributed by atoms with E-state index in [9.17, 15) is 9.59 Å². The van der Waals surface area contributed by atoms with Crippen LogP contribution in [0, 0.1) is 6.92 Å². The number of nitrogens with one attached hydrogen (secondary N) is 1. The molecule has 0 atom stereocenters. The molecule has 6 heteroatoms. The van der Waals surface area contributed by atoms with Crippen molar-refractivity contribution in [3.63, 3.8) is 0 Å². The number of nitrogens with zero attached hydrogens (tertiary/aromatic N) is 2. The third-order valence-corrected chi connectivity index (χ3v) is 2.91. The fraction of sp³-hybridized carbons (Fsp3) is 0.267. The quantitative estimate of drug-likeness (QED) is 0.874. The molecule has 0 aliphatic heterocycles. The Kier molecular flexibility index (Phi) is 4.37. The maximum atomic E-state index is 12.1. The number of aryl methyl sites for hydroxylation is 2. The van der Waals surface area contributed by atoms with E-state index in [1.807, 2.05) is 0 Å². The number of rotatable bonds is 4. The fourth-order valence-corrected chi connectivity index (χ4v) is 1.93. The van der Waals surface area contributed by atoms with Crippen LogP contribution in [-0.2, 0) is 11.8 Å². The van der Waals surface area contributed by atoms with Crippen LogP contribution in [0.2, 0.25) is 0 Å². The Labute approximate surface area is 122 Å². The van der Waals surface area contributed by atoms with Crippen LogP contribution in [0.25, 0.3) is 0 Å². The number of anilines is 1. The predicted octanol–water partition coefficient (Wildman–Crippen LogP) is 2.16. The van der Waals surface area contributed by atoms with Crippen LogP contribution in [0.1, 0.15) is 33.3 Å². The molecule has 2 aromatic rings. The maximum Gasteiger partial charge on any atom is 0.338 e. The van der Waals surface area contributed by atoms with Gasteiger partial charge in [0.1, 0.15) is 0 Å². The highest BCUT2D eigenvalue weighted by molar-refractivity contribution is 6.05. The number of carbonyl (C=O) groups excluding carboxylic acids is 2. The summed E-state index contributed by atoms with van der Waals surface area (Å²) in [6, 6.07) is 6.55. The number of ether oxygens (including phenoxy) is 1. The second-order valence-electron chi connectivity index (χ2n) is 4.55. The van der Waals surface area contributed by atoms with Crippen molar-refractivity contribution in [1.29, 1.82) is 0 Å². The van der Waals surface area contributed by atoms with Gasteiger partial charge in [0.15, 0.2) is 0 Å². The predicted molar refractivity (Wildman–Crippen MR) is 78.3 cm³/mol. The summed E-state index contributed by atoms with van der Waals surface area (Å²) in [4.78, 5) is 23.6. The van der Waals surface area contributed by atoms with Gasteiger partial charge in [-0.3, -0.25) is 9.48 Å². The zero-order chi connectivity index (χ0) is 15.4. The Hall–Kier alpha value is -2.63. The summed E-state index contributed by atoms with van der Waals surface area (Å²) in [7, 11) is 1.76. The number of hydrogen-bond acceptors (Lipinski definition) is 4. The van der Waals surface area contributed by atoms with E-state index in [4.69, 9.17) is 4.74 Å². The summed E-state index contributed by atoms with van der Waals surface area (Å²) >= 11 is 0. The van der Waals surface area contributed by atoms with Crippen molar-refractivity contribution in [2.75, 3.05) is 11.9 Å². The van der Waals surface area contributed by atoms with Crippen LogP contribution >= 0.6 is 0 Å². The Bertz CT molecular complexity index is 659. The normalized spacial score (nSPS) is 10.2. The van der Waals surface area contributed by atoms with E-state index in [0.29, 0.717) is 29.1 Å². The number of carbonyl (C=O) groups is 2. The smallest absolute Gasteiger partial charge is 0.338 e. The second kappa shape index (κ2) is 6.21. The van der Waals surface area contributed by atoms with Crippen molar-refractivity contribution in [2.24, 2.45) is 7.05 Å². The largest absolute Gasteiger partial charge is 0.462 e. The maximum absolute atomic E-state index is 12.1. The molecule has 1 aromatic heterocycles. The lowest BCUT2D eigenvalue weighted by atomic mass is 10.2. The Morgan fingerprint density at radius 2 is 1.95 bits per heavy atom. The number of amides is 1. The standard InChI is InChI=1S/C15H17N3O3/c1-4-21-15(20)11-5-7-12(8-6-11)16-14(19)13-9-18(3)17-10(13)2/h5-9H,4H2,1-3H3,(H,16,19). The summed E-state index contributed by atoms with van der Waals surface area (Å²) in [5.74, 6) is -0.608. The van der Waals surface area contributed by atoms with Gasteiger partial charge in [-0.25, -0.2) is 4.79 Å². The van der Waals surface area contributed by atoms with Crippen molar-refractivity contribution < 1.29 is 14.3 Å². The van der Waals surface area contributed by atoms with E-state index < -0.39 is 0 Å². The molecule has 1 amide bonds. The minimum atomic E-state index is -0.376. The second-order valence-corrected chi connectivity index (χ2v) is 4.55. The van der Waals surface area contributed by atoms with Gasteiger partial charge in [-0.1, -0.05) is 0 Å². The molecule has 2 rings (SSSR count). The average molecular weight is 287 g/mol. The van der Waals surface area contributed by atoms with Gasteiger partial charge in [-0.15, -0.1) is 0 Å².